The van der Waals surface area contributed by atoms with Crippen LogP contribution in [0, 0.1) is 0 Å². The molecule has 0 bridgehead atoms. The summed E-state index contributed by atoms with van der Waals surface area (Å²) in [5.41, 5.74) is 1.88. The molecule has 1 amide bonds. The summed E-state index contributed by atoms with van der Waals surface area (Å²) in [5.74, 6) is -0.0694. The van der Waals surface area contributed by atoms with Gasteiger partial charge >= 0.3 is 5.97 Å². The largest absolute Gasteiger partial charge is 0.488 e. The molecule has 2 aromatic carbocycles. The number of para-hydroxylation sites is 1. The standard InChI is InChI=1S/C24H25NO4/c26-23(25-20-12-5-2-6-13-20)22(17-9-3-1-4-10-17)29-24(27)19-15-18-11-7-8-14-21(18)28-16-19/h1,3-4,7-11,14-15,20,22H,2,5-6,12-13,16H2,(H,25,26)/t22-/m1/s1. The van der Waals surface area contributed by atoms with Crippen molar-refractivity contribution < 1.29 is 19.1 Å². The lowest BCUT2D eigenvalue weighted by atomic mass is 9.95. The Labute approximate surface area is 170 Å². The predicted molar refractivity (Wildman–Crippen MR) is 110 cm³/mol. The van der Waals surface area contributed by atoms with Crippen molar-refractivity contribution in [3.63, 3.8) is 0 Å². The Bertz CT molecular complexity index is 900. The molecule has 150 valence electrons. The molecule has 5 heteroatoms. The third kappa shape index (κ3) is 4.67. The number of nitrogens with one attached hydrogen (secondary N) is 1. The highest BCUT2D eigenvalue weighted by Crippen LogP contribution is 2.28. The Kier molecular flexibility index (Phi) is 5.94. The monoisotopic (exact) mass is 391 g/mol. The molecule has 29 heavy (non-hydrogen) atoms. The molecule has 5 nitrogen and oxygen atoms in total. The summed E-state index contributed by atoms with van der Waals surface area (Å²) < 4.78 is 11.4. The maximum absolute atomic E-state index is 13.0. The number of carbonyl (C=O) groups is 2. The van der Waals surface area contributed by atoms with Gasteiger partial charge in [0.2, 0.25) is 6.10 Å². The minimum absolute atomic E-state index is 0.127. The van der Waals surface area contributed by atoms with Crippen LogP contribution in [0.15, 0.2) is 60.2 Å². The van der Waals surface area contributed by atoms with E-state index in [2.05, 4.69) is 5.32 Å². The summed E-state index contributed by atoms with van der Waals surface area (Å²) in [5, 5.41) is 3.07. The second kappa shape index (κ2) is 8.95. The van der Waals surface area contributed by atoms with Gasteiger partial charge in [-0.2, -0.15) is 0 Å². The minimum Gasteiger partial charge on any atom is -0.488 e. The first-order valence-electron chi connectivity index (χ1n) is 10.2. The van der Waals surface area contributed by atoms with Gasteiger partial charge in [-0.05, 0) is 25.0 Å². The third-order valence-corrected chi connectivity index (χ3v) is 5.41. The molecule has 1 aliphatic heterocycles. The van der Waals surface area contributed by atoms with Crippen LogP contribution in [0.4, 0.5) is 0 Å². The lowest BCUT2D eigenvalue weighted by Crippen LogP contribution is -2.40. The normalized spacial score (nSPS) is 17.3. The van der Waals surface area contributed by atoms with Gasteiger partial charge < -0.3 is 14.8 Å². The van der Waals surface area contributed by atoms with Gasteiger partial charge in [0.15, 0.2) is 0 Å². The van der Waals surface area contributed by atoms with E-state index in [0.717, 1.165) is 37.0 Å². The van der Waals surface area contributed by atoms with E-state index in [9.17, 15) is 9.59 Å². The fourth-order valence-corrected chi connectivity index (χ4v) is 3.84. The zero-order chi connectivity index (χ0) is 20.1. The predicted octanol–water partition coefficient (Wildman–Crippen LogP) is 4.20. The van der Waals surface area contributed by atoms with Crippen molar-refractivity contribution in [1.29, 1.82) is 0 Å². The molecule has 0 unspecified atom stereocenters. The number of ether oxygens (including phenoxy) is 2. The van der Waals surface area contributed by atoms with Crippen LogP contribution < -0.4 is 10.1 Å². The SMILES string of the molecule is O=C(O[C@@H](C(=O)NC1CCCCC1)c1ccccc1)C1=Cc2ccccc2OC1. The van der Waals surface area contributed by atoms with Gasteiger partial charge in [0.25, 0.3) is 5.91 Å². The molecule has 0 aromatic heterocycles. The first kappa shape index (κ1) is 19.2. The van der Waals surface area contributed by atoms with Gasteiger partial charge in [-0.25, -0.2) is 4.79 Å². The van der Waals surface area contributed by atoms with Gasteiger partial charge in [0.05, 0.1) is 5.57 Å². The van der Waals surface area contributed by atoms with Crippen molar-refractivity contribution in [1.82, 2.24) is 5.32 Å². The van der Waals surface area contributed by atoms with E-state index >= 15 is 0 Å². The number of fused-ring (bicyclic) bond motifs is 1. The highest BCUT2D eigenvalue weighted by atomic mass is 16.6. The molecule has 1 saturated carbocycles. The summed E-state index contributed by atoms with van der Waals surface area (Å²) in [6.45, 7) is 0.127. The molecule has 1 atom stereocenters. The van der Waals surface area contributed by atoms with E-state index in [0.29, 0.717) is 11.1 Å². The zero-order valence-corrected chi connectivity index (χ0v) is 16.3. The van der Waals surface area contributed by atoms with Crippen molar-refractivity contribution in [3.8, 4) is 5.75 Å². The molecule has 4 rings (SSSR count). The first-order chi connectivity index (χ1) is 14.2. The Morgan fingerprint density at radius 3 is 2.48 bits per heavy atom. The molecule has 0 saturated heterocycles. The fourth-order valence-electron chi connectivity index (χ4n) is 3.84. The molecule has 2 aromatic rings. The van der Waals surface area contributed by atoms with E-state index in [1.165, 1.54) is 6.42 Å². The Morgan fingerprint density at radius 2 is 1.69 bits per heavy atom. The minimum atomic E-state index is -0.983. The van der Waals surface area contributed by atoms with Crippen LogP contribution in [0.1, 0.15) is 49.3 Å². The second-order valence-corrected chi connectivity index (χ2v) is 7.54. The van der Waals surface area contributed by atoms with E-state index in [1.54, 1.807) is 18.2 Å². The van der Waals surface area contributed by atoms with Crippen molar-refractivity contribution in [2.24, 2.45) is 0 Å². The van der Waals surface area contributed by atoms with Gasteiger partial charge in [0.1, 0.15) is 12.4 Å². The number of benzene rings is 2. The Hall–Kier alpha value is -3.08. The fraction of sp³-hybridized carbons (Fsp3) is 0.333. The number of esters is 1. The van der Waals surface area contributed by atoms with Crippen LogP contribution in [0.25, 0.3) is 6.08 Å². The van der Waals surface area contributed by atoms with E-state index in [-0.39, 0.29) is 18.6 Å². The molecule has 1 fully saturated rings. The van der Waals surface area contributed by atoms with E-state index < -0.39 is 12.1 Å². The quantitative estimate of drug-likeness (QED) is 0.776. The molecule has 0 radical (unpaired) electrons. The van der Waals surface area contributed by atoms with Crippen LogP contribution in [0.3, 0.4) is 0 Å². The van der Waals surface area contributed by atoms with E-state index in [1.807, 2.05) is 42.5 Å². The van der Waals surface area contributed by atoms with E-state index in [4.69, 9.17) is 9.47 Å². The summed E-state index contributed by atoms with van der Waals surface area (Å²) >= 11 is 0. The highest BCUT2D eigenvalue weighted by Gasteiger charge is 2.29. The van der Waals surface area contributed by atoms with Gasteiger partial charge in [-0.15, -0.1) is 0 Å². The topological polar surface area (TPSA) is 64.6 Å². The number of hydrogen-bond acceptors (Lipinski definition) is 4. The van der Waals surface area contributed by atoms with Crippen molar-refractivity contribution >= 4 is 18.0 Å². The van der Waals surface area contributed by atoms with Crippen molar-refractivity contribution in [2.75, 3.05) is 6.61 Å². The van der Waals surface area contributed by atoms with Crippen molar-refractivity contribution in [3.05, 3.63) is 71.3 Å². The van der Waals surface area contributed by atoms with Crippen molar-refractivity contribution in [2.45, 2.75) is 44.2 Å². The van der Waals surface area contributed by atoms with Crippen LogP contribution in [-0.4, -0.2) is 24.5 Å². The highest BCUT2D eigenvalue weighted by molar-refractivity contribution is 5.97. The molecular weight excluding hydrogens is 366 g/mol. The lowest BCUT2D eigenvalue weighted by Gasteiger charge is -2.26. The lowest BCUT2D eigenvalue weighted by molar-refractivity contribution is -0.153. The molecule has 1 aliphatic carbocycles. The number of amides is 1. The maximum atomic E-state index is 13.0. The second-order valence-electron chi connectivity index (χ2n) is 7.54. The molecule has 0 spiro atoms. The van der Waals surface area contributed by atoms with Gasteiger partial charge in [-0.3, -0.25) is 4.79 Å². The zero-order valence-electron chi connectivity index (χ0n) is 16.3. The maximum Gasteiger partial charge on any atom is 0.338 e. The number of rotatable bonds is 5. The number of carbonyl (C=O) groups excluding carboxylic acids is 2. The Morgan fingerprint density at radius 1 is 0.966 bits per heavy atom. The smallest absolute Gasteiger partial charge is 0.338 e. The van der Waals surface area contributed by atoms with Gasteiger partial charge in [-0.1, -0.05) is 67.8 Å². The average molecular weight is 391 g/mol. The number of hydrogen-bond donors (Lipinski definition) is 1. The summed E-state index contributed by atoms with van der Waals surface area (Å²) in [6, 6.07) is 16.8. The third-order valence-electron chi connectivity index (χ3n) is 5.41. The Balaban J connectivity index is 1.51. The van der Waals surface area contributed by atoms with Crippen LogP contribution in [0.5, 0.6) is 5.75 Å². The summed E-state index contributed by atoms with van der Waals surface area (Å²) in [7, 11) is 0. The molecule has 1 heterocycles. The van der Waals surface area contributed by atoms with Crippen LogP contribution >= 0.6 is 0 Å². The van der Waals surface area contributed by atoms with Crippen LogP contribution in [0.2, 0.25) is 0 Å². The molecule has 1 N–H and O–H groups in total. The molecule has 2 aliphatic rings. The molecular formula is C24H25NO4. The van der Waals surface area contributed by atoms with Gasteiger partial charge in [0, 0.05) is 17.2 Å². The summed E-state index contributed by atoms with van der Waals surface area (Å²) in [6.07, 6.45) is 6.16. The van der Waals surface area contributed by atoms with Crippen LogP contribution in [-0.2, 0) is 14.3 Å². The summed E-state index contributed by atoms with van der Waals surface area (Å²) in [4.78, 5) is 25.8. The average Bonchev–Trinajstić information content (AvgIpc) is 2.78. The first-order valence-corrected chi connectivity index (χ1v) is 10.2.